The summed E-state index contributed by atoms with van der Waals surface area (Å²) in [5, 5.41) is 26.4. The van der Waals surface area contributed by atoms with E-state index < -0.39 is 47.9 Å². The Morgan fingerprint density at radius 2 is 1.50 bits per heavy atom. The Hall–Kier alpha value is -3.52. The molecule has 1 aromatic carbocycles. The first kappa shape index (κ1) is 32.5. The zero-order chi connectivity index (χ0) is 28.8. The first-order valence-corrected chi connectivity index (χ1v) is 12.8. The Morgan fingerprint density at radius 3 is 2.03 bits per heavy atom. The van der Waals surface area contributed by atoms with Crippen LogP contribution in [0.1, 0.15) is 38.7 Å². The van der Waals surface area contributed by atoms with Gasteiger partial charge in [-0.2, -0.15) is 12.6 Å². The highest BCUT2D eigenvalue weighted by atomic mass is 32.1. The average molecular weight is 554 g/mol. The zero-order valence-corrected chi connectivity index (χ0v) is 22.5. The molecule has 0 bridgehead atoms. The standard InChI is InChI=1S/C24H39N7O6S/c1-13(2)10-18(30-20(33)16(25)11-14-5-7-15(32)8-6-14)21(34)31-19(12-38)22(35)29-17(23(36)37)4-3-9-28-24(26)27/h5-8,13,16-19,32,38H,3-4,9-12,25H2,1-2H3,(H,29,35)(H,30,33)(H,31,34)(H,36,37)(H4,26,27,28). The van der Waals surface area contributed by atoms with E-state index in [-0.39, 0.29) is 49.2 Å². The molecule has 13 nitrogen and oxygen atoms in total. The van der Waals surface area contributed by atoms with Gasteiger partial charge in [-0.25, -0.2) is 4.79 Å². The van der Waals surface area contributed by atoms with Crippen molar-refractivity contribution in [2.45, 2.75) is 63.7 Å². The maximum atomic E-state index is 13.0. The van der Waals surface area contributed by atoms with Crippen LogP contribution in [0.3, 0.4) is 0 Å². The van der Waals surface area contributed by atoms with Gasteiger partial charge in [-0.3, -0.25) is 19.4 Å². The molecule has 0 saturated heterocycles. The Labute approximate surface area is 227 Å². The highest BCUT2D eigenvalue weighted by molar-refractivity contribution is 7.80. The van der Waals surface area contributed by atoms with Crippen molar-refractivity contribution in [3.63, 3.8) is 0 Å². The fraction of sp³-hybridized carbons (Fsp3) is 0.542. The molecule has 14 heteroatoms. The normalized spacial score (nSPS) is 14.0. The minimum absolute atomic E-state index is 0.0178. The number of phenols is 1. The van der Waals surface area contributed by atoms with Gasteiger partial charge in [-0.05, 0) is 49.3 Å². The van der Waals surface area contributed by atoms with Crippen LogP contribution in [0.2, 0.25) is 0 Å². The number of hydrogen-bond donors (Lipinski definition) is 9. The molecule has 0 aliphatic rings. The summed E-state index contributed by atoms with van der Waals surface area (Å²) in [5.41, 5.74) is 17.3. The topological polar surface area (TPSA) is 235 Å². The van der Waals surface area contributed by atoms with Crippen molar-refractivity contribution >= 4 is 42.3 Å². The fourth-order valence-electron chi connectivity index (χ4n) is 3.46. The lowest BCUT2D eigenvalue weighted by Gasteiger charge is -2.25. The SMILES string of the molecule is CC(C)CC(NC(=O)C(N)Cc1ccc(O)cc1)C(=O)NC(CS)C(=O)NC(CCCN=C(N)N)C(=O)O. The minimum Gasteiger partial charge on any atom is -0.508 e. The lowest BCUT2D eigenvalue weighted by molar-refractivity contribution is -0.142. The molecule has 1 aromatic rings. The highest BCUT2D eigenvalue weighted by Gasteiger charge is 2.30. The predicted molar refractivity (Wildman–Crippen MR) is 146 cm³/mol. The number of nitrogens with two attached hydrogens (primary N) is 3. The van der Waals surface area contributed by atoms with Gasteiger partial charge < -0.3 is 43.4 Å². The highest BCUT2D eigenvalue weighted by Crippen LogP contribution is 2.12. The van der Waals surface area contributed by atoms with Gasteiger partial charge in [0, 0.05) is 12.3 Å². The van der Waals surface area contributed by atoms with Gasteiger partial charge in [0.05, 0.1) is 6.04 Å². The van der Waals surface area contributed by atoms with Crippen LogP contribution in [0.5, 0.6) is 5.75 Å². The summed E-state index contributed by atoms with van der Waals surface area (Å²) in [5.74, 6) is -3.30. The van der Waals surface area contributed by atoms with Crippen molar-refractivity contribution in [1.82, 2.24) is 16.0 Å². The number of guanidine groups is 1. The molecule has 0 spiro atoms. The number of amides is 3. The second-order valence-corrected chi connectivity index (χ2v) is 9.62. The van der Waals surface area contributed by atoms with E-state index in [9.17, 15) is 29.4 Å². The number of aromatic hydroxyl groups is 1. The number of aliphatic imine (C=N–C) groups is 1. The summed E-state index contributed by atoms with van der Waals surface area (Å²) >= 11 is 4.12. The summed E-state index contributed by atoms with van der Waals surface area (Å²) in [6, 6.07) is 1.93. The first-order chi connectivity index (χ1) is 17.8. The Balaban J connectivity index is 2.81. The van der Waals surface area contributed by atoms with Crippen molar-refractivity contribution in [2.75, 3.05) is 12.3 Å². The Bertz CT molecular complexity index is 970. The Morgan fingerprint density at radius 1 is 0.947 bits per heavy atom. The van der Waals surface area contributed by atoms with Crippen molar-refractivity contribution < 1.29 is 29.4 Å². The number of thiol groups is 1. The molecule has 0 saturated carbocycles. The summed E-state index contributed by atoms with van der Waals surface area (Å²) in [6.07, 6.45) is 0.826. The number of carboxylic acid groups (broad SMARTS) is 1. The van der Waals surface area contributed by atoms with Crippen molar-refractivity contribution in [1.29, 1.82) is 0 Å². The number of carbonyl (C=O) groups is 4. The number of carbonyl (C=O) groups excluding carboxylic acids is 3. The van der Waals surface area contributed by atoms with Crippen LogP contribution in [-0.4, -0.2) is 76.3 Å². The zero-order valence-electron chi connectivity index (χ0n) is 21.6. The molecule has 1 rings (SSSR count). The molecule has 212 valence electrons. The third-order valence-corrected chi connectivity index (χ3v) is 5.81. The number of aliphatic carboxylic acids is 1. The molecule has 3 amide bonds. The van der Waals surface area contributed by atoms with Gasteiger partial charge >= 0.3 is 5.97 Å². The molecule has 0 aliphatic carbocycles. The van der Waals surface area contributed by atoms with Crippen LogP contribution < -0.4 is 33.2 Å². The molecule has 0 fully saturated rings. The van der Waals surface area contributed by atoms with E-state index in [2.05, 4.69) is 33.6 Å². The fourth-order valence-corrected chi connectivity index (χ4v) is 3.72. The number of phenolic OH excluding ortho intramolecular Hbond substituents is 1. The van der Waals surface area contributed by atoms with Gasteiger partial charge in [0.2, 0.25) is 17.7 Å². The summed E-state index contributed by atoms with van der Waals surface area (Å²) in [4.78, 5) is 53.9. The molecular weight excluding hydrogens is 514 g/mol. The number of hydrogen-bond acceptors (Lipinski definition) is 8. The van der Waals surface area contributed by atoms with Gasteiger partial charge in [-0.1, -0.05) is 26.0 Å². The van der Waals surface area contributed by atoms with E-state index in [0.717, 1.165) is 5.56 Å². The third-order valence-electron chi connectivity index (χ3n) is 5.44. The summed E-state index contributed by atoms with van der Waals surface area (Å²) in [7, 11) is 0. The van der Waals surface area contributed by atoms with Crippen LogP contribution in [0.4, 0.5) is 0 Å². The number of carboxylic acids is 1. The van der Waals surface area contributed by atoms with Crippen LogP contribution >= 0.6 is 12.6 Å². The monoisotopic (exact) mass is 553 g/mol. The molecule has 38 heavy (non-hydrogen) atoms. The van der Waals surface area contributed by atoms with Gasteiger partial charge in [0.25, 0.3) is 0 Å². The maximum Gasteiger partial charge on any atom is 0.326 e. The number of benzene rings is 1. The molecule has 4 atom stereocenters. The van der Waals surface area contributed by atoms with Crippen LogP contribution in [-0.2, 0) is 25.6 Å². The molecule has 0 aliphatic heterocycles. The average Bonchev–Trinajstić information content (AvgIpc) is 2.84. The molecule has 4 unspecified atom stereocenters. The van der Waals surface area contributed by atoms with E-state index in [1.165, 1.54) is 12.1 Å². The van der Waals surface area contributed by atoms with Gasteiger partial charge in [0.1, 0.15) is 23.9 Å². The van der Waals surface area contributed by atoms with E-state index in [1.807, 2.05) is 13.8 Å². The summed E-state index contributed by atoms with van der Waals surface area (Å²) < 4.78 is 0. The molecule has 0 heterocycles. The van der Waals surface area contributed by atoms with E-state index in [4.69, 9.17) is 17.2 Å². The van der Waals surface area contributed by atoms with Crippen molar-refractivity contribution in [2.24, 2.45) is 28.1 Å². The first-order valence-electron chi connectivity index (χ1n) is 12.2. The molecule has 0 radical (unpaired) electrons. The largest absolute Gasteiger partial charge is 0.508 e. The van der Waals surface area contributed by atoms with Crippen molar-refractivity contribution in [3.8, 4) is 5.75 Å². The predicted octanol–water partition coefficient (Wildman–Crippen LogP) is -1.17. The summed E-state index contributed by atoms with van der Waals surface area (Å²) in [6.45, 7) is 3.93. The third kappa shape index (κ3) is 12.1. The van der Waals surface area contributed by atoms with Gasteiger partial charge in [-0.15, -0.1) is 0 Å². The van der Waals surface area contributed by atoms with Crippen LogP contribution in [0.15, 0.2) is 29.3 Å². The lowest BCUT2D eigenvalue weighted by atomic mass is 10.0. The number of nitrogens with zero attached hydrogens (tertiary/aromatic N) is 1. The smallest absolute Gasteiger partial charge is 0.326 e. The minimum atomic E-state index is -1.25. The van der Waals surface area contributed by atoms with Crippen molar-refractivity contribution in [3.05, 3.63) is 29.8 Å². The quantitative estimate of drug-likeness (QED) is 0.0518. The van der Waals surface area contributed by atoms with Crippen LogP contribution in [0.25, 0.3) is 0 Å². The Kier molecular flexibility index (Phi) is 14.0. The number of rotatable bonds is 16. The van der Waals surface area contributed by atoms with E-state index >= 15 is 0 Å². The molecule has 11 N–H and O–H groups in total. The second kappa shape index (κ2) is 16.3. The van der Waals surface area contributed by atoms with E-state index in [0.29, 0.717) is 6.42 Å². The lowest BCUT2D eigenvalue weighted by Crippen LogP contribution is -2.58. The molecular formula is C24H39N7O6S. The second-order valence-electron chi connectivity index (χ2n) is 9.26. The number of nitrogens with one attached hydrogen (secondary N) is 3. The maximum absolute atomic E-state index is 13.0. The molecule has 0 aromatic heterocycles. The van der Waals surface area contributed by atoms with Crippen LogP contribution in [0, 0.1) is 5.92 Å². The van der Waals surface area contributed by atoms with E-state index in [1.54, 1.807) is 12.1 Å². The van der Waals surface area contributed by atoms with Gasteiger partial charge in [0.15, 0.2) is 5.96 Å².